The molecule has 0 spiro atoms. The molecule has 1 atom stereocenters. The molecule has 1 unspecified atom stereocenters. The maximum atomic E-state index is 14.0. The molecule has 1 saturated heterocycles. The summed E-state index contributed by atoms with van der Waals surface area (Å²) in [6.45, 7) is 0.684. The van der Waals surface area contributed by atoms with Gasteiger partial charge in [0.1, 0.15) is 11.6 Å². The van der Waals surface area contributed by atoms with Crippen LogP contribution in [0.2, 0.25) is 0 Å². The Labute approximate surface area is 219 Å². The van der Waals surface area contributed by atoms with Crippen molar-refractivity contribution in [1.29, 1.82) is 0 Å². The van der Waals surface area contributed by atoms with Crippen LogP contribution in [0.3, 0.4) is 0 Å². The van der Waals surface area contributed by atoms with Crippen molar-refractivity contribution in [3.05, 3.63) is 84.2 Å². The number of fused-ring (bicyclic) bond motifs is 1. The van der Waals surface area contributed by atoms with Crippen molar-refractivity contribution >= 4 is 42.6 Å². The summed E-state index contributed by atoms with van der Waals surface area (Å²) in [5, 5.41) is 0.552. The summed E-state index contributed by atoms with van der Waals surface area (Å²) in [6.07, 6.45) is 1.12. The molecular weight excluding hydrogens is 513 g/mol. The molecule has 2 heterocycles. The van der Waals surface area contributed by atoms with Crippen LogP contribution in [0.15, 0.2) is 77.7 Å². The highest BCUT2D eigenvalue weighted by atomic mass is 32.2. The van der Waals surface area contributed by atoms with Gasteiger partial charge in [-0.25, -0.2) is 17.8 Å². The molecule has 5 rings (SSSR count). The zero-order valence-electron chi connectivity index (χ0n) is 20.2. The molecule has 1 amide bonds. The second-order valence-corrected chi connectivity index (χ2v) is 11.8. The van der Waals surface area contributed by atoms with Gasteiger partial charge in [-0.3, -0.25) is 9.69 Å². The first-order chi connectivity index (χ1) is 17.8. The minimum Gasteiger partial charge on any atom is -0.497 e. The summed E-state index contributed by atoms with van der Waals surface area (Å²) in [5.74, 6) is -0.530. The van der Waals surface area contributed by atoms with Gasteiger partial charge in [-0.15, -0.1) is 0 Å². The number of hydrogen-bond donors (Lipinski definition) is 0. The van der Waals surface area contributed by atoms with E-state index in [1.165, 1.54) is 27.8 Å². The Morgan fingerprint density at radius 1 is 1.14 bits per heavy atom. The van der Waals surface area contributed by atoms with Gasteiger partial charge in [0.2, 0.25) is 15.9 Å². The van der Waals surface area contributed by atoms with Crippen molar-refractivity contribution in [3.63, 3.8) is 0 Å². The Kier molecular flexibility index (Phi) is 7.23. The van der Waals surface area contributed by atoms with Gasteiger partial charge in [-0.2, -0.15) is 4.31 Å². The Bertz CT molecular complexity index is 1510. The number of piperidine rings is 1. The molecular formula is C27H26FN3O4S2. The molecule has 37 heavy (non-hydrogen) atoms. The molecule has 0 bridgehead atoms. The standard InChI is InChI=1S/C27H26FN3O4S2/c1-35-22-11-14-25-24(16-22)29-27(36-25)31(17-19-6-3-2-4-7-19)26(32)20-8-5-15-30(18-20)37(33,34)23-12-9-21(28)10-13-23/h2-4,6-7,9-14,16,20H,5,8,15,17-18H2,1H3. The lowest BCUT2D eigenvalue weighted by atomic mass is 9.98. The molecule has 0 aliphatic carbocycles. The van der Waals surface area contributed by atoms with Crippen molar-refractivity contribution in [2.45, 2.75) is 24.3 Å². The predicted octanol–water partition coefficient (Wildman–Crippen LogP) is 5.08. The van der Waals surface area contributed by atoms with Crippen LogP contribution in [0.5, 0.6) is 5.75 Å². The Balaban J connectivity index is 1.45. The molecule has 1 fully saturated rings. The molecule has 1 aliphatic heterocycles. The third-order valence-corrected chi connectivity index (χ3v) is 9.39. The Hall–Kier alpha value is -3.34. The largest absolute Gasteiger partial charge is 0.497 e. The molecule has 1 aliphatic rings. The van der Waals surface area contributed by atoms with Crippen molar-refractivity contribution in [2.75, 3.05) is 25.1 Å². The number of sulfonamides is 1. The van der Waals surface area contributed by atoms with Crippen LogP contribution in [0.4, 0.5) is 9.52 Å². The molecule has 0 N–H and O–H groups in total. The number of rotatable bonds is 7. The third-order valence-electron chi connectivity index (χ3n) is 6.45. The highest BCUT2D eigenvalue weighted by molar-refractivity contribution is 7.89. The molecule has 0 radical (unpaired) electrons. The number of halogens is 1. The number of hydrogen-bond acceptors (Lipinski definition) is 6. The first-order valence-electron chi connectivity index (χ1n) is 11.9. The second-order valence-electron chi connectivity index (χ2n) is 8.90. The molecule has 1 aromatic heterocycles. The average molecular weight is 540 g/mol. The van der Waals surface area contributed by atoms with Gasteiger partial charge in [-0.1, -0.05) is 41.7 Å². The second kappa shape index (κ2) is 10.6. The quantitative estimate of drug-likeness (QED) is 0.327. The molecule has 7 nitrogen and oxygen atoms in total. The average Bonchev–Trinajstić information content (AvgIpc) is 3.35. The van der Waals surface area contributed by atoms with Crippen LogP contribution < -0.4 is 9.64 Å². The van der Waals surface area contributed by atoms with E-state index >= 15 is 0 Å². The number of thiazole rings is 1. The van der Waals surface area contributed by atoms with Crippen LogP contribution in [0, 0.1) is 11.7 Å². The predicted molar refractivity (Wildman–Crippen MR) is 142 cm³/mol. The van der Waals surface area contributed by atoms with Crippen molar-refractivity contribution in [3.8, 4) is 5.75 Å². The summed E-state index contributed by atoms with van der Waals surface area (Å²) in [6, 6.07) is 20.0. The first kappa shape index (κ1) is 25.3. The van der Waals surface area contributed by atoms with E-state index in [4.69, 9.17) is 9.72 Å². The minimum absolute atomic E-state index is 0.0169. The minimum atomic E-state index is -3.85. The first-order valence-corrected chi connectivity index (χ1v) is 14.2. The van der Waals surface area contributed by atoms with Crippen molar-refractivity contribution in [1.82, 2.24) is 9.29 Å². The van der Waals surface area contributed by atoms with E-state index in [2.05, 4.69) is 0 Å². The van der Waals surface area contributed by atoms with Gasteiger partial charge in [-0.05, 0) is 54.8 Å². The zero-order chi connectivity index (χ0) is 26.0. The van der Waals surface area contributed by atoms with Gasteiger partial charge in [0, 0.05) is 19.2 Å². The topological polar surface area (TPSA) is 79.8 Å². The van der Waals surface area contributed by atoms with Gasteiger partial charge >= 0.3 is 0 Å². The summed E-state index contributed by atoms with van der Waals surface area (Å²) in [4.78, 5) is 20.4. The van der Waals surface area contributed by atoms with Gasteiger partial charge in [0.25, 0.3) is 0 Å². The monoisotopic (exact) mass is 539 g/mol. The Morgan fingerprint density at radius 2 is 1.89 bits per heavy atom. The zero-order valence-corrected chi connectivity index (χ0v) is 21.8. The smallest absolute Gasteiger partial charge is 0.243 e. The lowest BCUT2D eigenvalue weighted by molar-refractivity contribution is -0.123. The van der Waals surface area contributed by atoms with E-state index < -0.39 is 21.8 Å². The fourth-order valence-corrected chi connectivity index (χ4v) is 6.96. The maximum Gasteiger partial charge on any atom is 0.243 e. The van der Waals surface area contributed by atoms with E-state index in [9.17, 15) is 17.6 Å². The van der Waals surface area contributed by atoms with Crippen LogP contribution in [0.25, 0.3) is 10.2 Å². The number of methoxy groups -OCH3 is 1. The van der Waals surface area contributed by atoms with E-state index in [1.807, 2.05) is 48.5 Å². The van der Waals surface area contributed by atoms with Crippen LogP contribution in [0.1, 0.15) is 18.4 Å². The maximum absolute atomic E-state index is 14.0. The summed E-state index contributed by atoms with van der Waals surface area (Å²) >= 11 is 1.41. The third kappa shape index (κ3) is 5.36. The van der Waals surface area contributed by atoms with E-state index in [-0.39, 0.29) is 17.3 Å². The normalized spacial score (nSPS) is 16.5. The van der Waals surface area contributed by atoms with Crippen LogP contribution in [-0.4, -0.2) is 43.8 Å². The van der Waals surface area contributed by atoms with Crippen molar-refractivity contribution in [2.24, 2.45) is 5.92 Å². The number of nitrogens with zero attached hydrogens (tertiary/aromatic N) is 3. The molecule has 4 aromatic rings. The molecule has 192 valence electrons. The van der Waals surface area contributed by atoms with E-state index in [0.717, 1.165) is 27.9 Å². The van der Waals surface area contributed by atoms with E-state index in [1.54, 1.807) is 12.0 Å². The summed E-state index contributed by atoms with van der Waals surface area (Å²) in [5.41, 5.74) is 1.67. The molecule has 10 heteroatoms. The lowest BCUT2D eigenvalue weighted by Crippen LogP contribution is -2.46. The molecule has 0 saturated carbocycles. The lowest BCUT2D eigenvalue weighted by Gasteiger charge is -2.33. The van der Waals surface area contributed by atoms with Crippen LogP contribution >= 0.6 is 11.3 Å². The number of aromatic nitrogens is 1. The van der Waals surface area contributed by atoms with Gasteiger partial charge < -0.3 is 4.74 Å². The molecule has 3 aromatic carbocycles. The summed E-state index contributed by atoms with van der Waals surface area (Å²) < 4.78 is 47.4. The number of amides is 1. The SMILES string of the molecule is COc1ccc2sc(N(Cc3ccccc3)C(=O)C3CCCN(S(=O)(=O)c4ccc(F)cc4)C3)nc2c1. The number of carbonyl (C=O) groups excluding carboxylic acids is 1. The Morgan fingerprint density at radius 3 is 2.62 bits per heavy atom. The fraction of sp³-hybridized carbons (Fsp3) is 0.259. The van der Waals surface area contributed by atoms with Gasteiger partial charge in [0.05, 0.1) is 34.7 Å². The van der Waals surface area contributed by atoms with Crippen LogP contribution in [-0.2, 0) is 21.4 Å². The van der Waals surface area contributed by atoms with Crippen molar-refractivity contribution < 1.29 is 22.3 Å². The highest BCUT2D eigenvalue weighted by Crippen LogP contribution is 2.34. The number of ether oxygens (including phenoxy) is 1. The number of carbonyl (C=O) groups is 1. The number of anilines is 1. The fourth-order valence-electron chi connectivity index (χ4n) is 4.48. The van der Waals surface area contributed by atoms with E-state index in [0.29, 0.717) is 36.8 Å². The highest BCUT2D eigenvalue weighted by Gasteiger charge is 2.36. The summed E-state index contributed by atoms with van der Waals surface area (Å²) in [7, 11) is -2.26. The van der Waals surface area contributed by atoms with Gasteiger partial charge in [0.15, 0.2) is 5.13 Å². The number of benzene rings is 3.